The number of halogens is 1. The number of amides is 1. The van der Waals surface area contributed by atoms with Gasteiger partial charge in [-0.3, -0.25) is 14.9 Å². The minimum atomic E-state index is -0.636. The number of nitriles is 1. The fourth-order valence-corrected chi connectivity index (χ4v) is 2.60. The Bertz CT molecular complexity index is 885. The number of aromatic nitrogens is 2. The number of carbonyl (C=O) groups excluding carboxylic acids is 1. The molecule has 1 aromatic carbocycles. The lowest BCUT2D eigenvalue weighted by molar-refractivity contribution is -0.384. The van der Waals surface area contributed by atoms with Crippen molar-refractivity contribution in [2.75, 3.05) is 11.1 Å². The third-order valence-electron chi connectivity index (χ3n) is 2.99. The van der Waals surface area contributed by atoms with E-state index in [0.717, 1.165) is 11.8 Å². The molecule has 2 aromatic rings. The van der Waals surface area contributed by atoms with Crippen molar-refractivity contribution < 1.29 is 9.72 Å². The molecule has 0 aliphatic rings. The Morgan fingerprint density at radius 2 is 2.28 bits per heavy atom. The lowest BCUT2D eigenvalue weighted by Crippen LogP contribution is -2.23. The third-order valence-corrected chi connectivity index (χ3v) is 4.29. The number of nitro benzene ring substituents is 1. The number of rotatable bonds is 5. The van der Waals surface area contributed by atoms with Crippen LogP contribution in [-0.2, 0) is 4.79 Å². The molecule has 1 heterocycles. The summed E-state index contributed by atoms with van der Waals surface area (Å²) in [5.41, 5.74) is 5.69. The van der Waals surface area contributed by atoms with E-state index in [1.54, 1.807) is 6.92 Å². The van der Waals surface area contributed by atoms with Gasteiger partial charge < -0.3 is 11.1 Å². The zero-order valence-electron chi connectivity index (χ0n) is 12.8. The van der Waals surface area contributed by atoms with Gasteiger partial charge in [0, 0.05) is 12.1 Å². The van der Waals surface area contributed by atoms with Crippen molar-refractivity contribution in [3.63, 3.8) is 0 Å². The van der Waals surface area contributed by atoms with Gasteiger partial charge in [0.25, 0.3) is 5.69 Å². The van der Waals surface area contributed by atoms with E-state index < -0.39 is 16.1 Å². The van der Waals surface area contributed by atoms with E-state index in [-0.39, 0.29) is 32.9 Å². The Morgan fingerprint density at radius 1 is 1.56 bits per heavy atom. The third kappa shape index (κ3) is 4.56. The van der Waals surface area contributed by atoms with Crippen molar-refractivity contribution in [3.8, 4) is 6.07 Å². The van der Waals surface area contributed by atoms with Gasteiger partial charge in [-0.05, 0) is 13.0 Å². The molecule has 0 aliphatic carbocycles. The zero-order chi connectivity index (χ0) is 18.6. The molecule has 9 nitrogen and oxygen atoms in total. The first-order valence-electron chi connectivity index (χ1n) is 6.76. The number of nitrogens with zero attached hydrogens (tertiary/aromatic N) is 4. The summed E-state index contributed by atoms with van der Waals surface area (Å²) in [7, 11) is 0. The molecular formula is C14H11ClN6O3S. The molecule has 1 atom stereocenters. The number of nitrogens with one attached hydrogen (secondary N) is 1. The van der Waals surface area contributed by atoms with Gasteiger partial charge in [0.15, 0.2) is 5.16 Å². The van der Waals surface area contributed by atoms with Crippen LogP contribution in [0.5, 0.6) is 0 Å². The van der Waals surface area contributed by atoms with E-state index >= 15 is 0 Å². The Kier molecular flexibility index (Phi) is 5.74. The quantitative estimate of drug-likeness (QED) is 0.349. The smallest absolute Gasteiger partial charge is 0.271 e. The fraction of sp³-hybridized carbons (Fsp3) is 0.143. The molecule has 1 aromatic heterocycles. The number of hydrogen-bond donors (Lipinski definition) is 2. The van der Waals surface area contributed by atoms with Crippen LogP contribution in [0.2, 0.25) is 5.02 Å². The SMILES string of the molecule is CC(Sc1ncc(C#N)c(N)n1)C(=O)Nc1cc([N+](=O)[O-])ccc1Cl. The van der Waals surface area contributed by atoms with Crippen LogP contribution < -0.4 is 11.1 Å². The summed E-state index contributed by atoms with van der Waals surface area (Å²) < 4.78 is 0. The predicted octanol–water partition coefficient (Wildman–Crippen LogP) is 2.61. The van der Waals surface area contributed by atoms with Gasteiger partial charge in [-0.15, -0.1) is 0 Å². The maximum Gasteiger partial charge on any atom is 0.271 e. The maximum absolute atomic E-state index is 12.3. The van der Waals surface area contributed by atoms with Crippen LogP contribution in [-0.4, -0.2) is 26.0 Å². The Hall–Kier alpha value is -2.90. The molecular weight excluding hydrogens is 368 g/mol. The maximum atomic E-state index is 12.3. The molecule has 0 saturated heterocycles. The van der Waals surface area contributed by atoms with E-state index in [2.05, 4.69) is 15.3 Å². The van der Waals surface area contributed by atoms with Crippen LogP contribution in [0.15, 0.2) is 29.6 Å². The van der Waals surface area contributed by atoms with E-state index in [4.69, 9.17) is 22.6 Å². The predicted molar refractivity (Wildman–Crippen MR) is 93.2 cm³/mol. The summed E-state index contributed by atoms with van der Waals surface area (Å²) in [6, 6.07) is 5.59. The molecule has 25 heavy (non-hydrogen) atoms. The average Bonchev–Trinajstić information content (AvgIpc) is 2.56. The monoisotopic (exact) mass is 378 g/mol. The fourth-order valence-electron chi connectivity index (χ4n) is 1.69. The minimum Gasteiger partial charge on any atom is -0.382 e. The summed E-state index contributed by atoms with van der Waals surface area (Å²) in [6.45, 7) is 1.60. The largest absolute Gasteiger partial charge is 0.382 e. The minimum absolute atomic E-state index is 0.0225. The van der Waals surface area contributed by atoms with Crippen molar-refractivity contribution in [3.05, 3.63) is 45.1 Å². The average molecular weight is 379 g/mol. The summed E-state index contributed by atoms with van der Waals surface area (Å²) >= 11 is 6.97. The van der Waals surface area contributed by atoms with Gasteiger partial charge in [-0.25, -0.2) is 9.97 Å². The number of nitrogen functional groups attached to an aromatic ring is 1. The van der Waals surface area contributed by atoms with Gasteiger partial charge in [-0.1, -0.05) is 23.4 Å². The van der Waals surface area contributed by atoms with E-state index in [1.165, 1.54) is 24.4 Å². The summed E-state index contributed by atoms with van der Waals surface area (Å²) in [5.74, 6) is -0.423. The molecule has 11 heteroatoms. The zero-order valence-corrected chi connectivity index (χ0v) is 14.3. The first-order valence-corrected chi connectivity index (χ1v) is 8.01. The van der Waals surface area contributed by atoms with Crippen LogP contribution >= 0.6 is 23.4 Å². The number of nitro groups is 1. The molecule has 0 radical (unpaired) electrons. The molecule has 0 bridgehead atoms. The molecule has 3 N–H and O–H groups in total. The van der Waals surface area contributed by atoms with Gasteiger partial charge in [0.2, 0.25) is 5.91 Å². The van der Waals surface area contributed by atoms with Crippen molar-refractivity contribution >= 4 is 46.5 Å². The van der Waals surface area contributed by atoms with Gasteiger partial charge in [0.05, 0.1) is 27.1 Å². The van der Waals surface area contributed by atoms with E-state index in [9.17, 15) is 14.9 Å². The van der Waals surface area contributed by atoms with Crippen molar-refractivity contribution in [2.24, 2.45) is 0 Å². The molecule has 0 fully saturated rings. The molecule has 2 rings (SSSR count). The highest BCUT2D eigenvalue weighted by molar-refractivity contribution is 8.00. The molecule has 1 unspecified atom stereocenters. The van der Waals surface area contributed by atoms with Crippen LogP contribution in [0.4, 0.5) is 17.2 Å². The summed E-state index contributed by atoms with van der Waals surface area (Å²) in [6.07, 6.45) is 1.27. The topological polar surface area (TPSA) is 148 Å². The highest BCUT2D eigenvalue weighted by Gasteiger charge is 2.19. The normalized spacial score (nSPS) is 11.4. The first-order chi connectivity index (χ1) is 11.8. The molecule has 0 saturated carbocycles. The molecule has 0 spiro atoms. The van der Waals surface area contributed by atoms with Crippen LogP contribution in [0.1, 0.15) is 12.5 Å². The summed E-state index contributed by atoms with van der Waals surface area (Å²) in [5, 5.41) is 21.9. The van der Waals surface area contributed by atoms with Crippen LogP contribution in [0.3, 0.4) is 0 Å². The standard InChI is InChI=1S/C14H11ClN6O3S/c1-7(25-14-18-6-8(5-16)12(17)20-14)13(22)19-11-4-9(21(23)24)2-3-10(11)15/h2-4,6-7H,1H3,(H,19,22)(H2,17,18,20). The van der Waals surface area contributed by atoms with Gasteiger partial charge in [-0.2, -0.15) is 5.26 Å². The number of hydrogen-bond acceptors (Lipinski definition) is 8. The number of non-ortho nitro benzene ring substituents is 1. The highest BCUT2D eigenvalue weighted by Crippen LogP contribution is 2.28. The van der Waals surface area contributed by atoms with Crippen molar-refractivity contribution in [1.82, 2.24) is 9.97 Å². The van der Waals surface area contributed by atoms with Gasteiger partial charge in [0.1, 0.15) is 17.5 Å². The Balaban J connectivity index is 2.11. The van der Waals surface area contributed by atoms with Crippen LogP contribution in [0, 0.1) is 21.4 Å². The van der Waals surface area contributed by atoms with Crippen molar-refractivity contribution in [1.29, 1.82) is 5.26 Å². The molecule has 1 amide bonds. The second-order valence-corrected chi connectivity index (χ2v) is 6.45. The van der Waals surface area contributed by atoms with Crippen molar-refractivity contribution in [2.45, 2.75) is 17.3 Å². The second kappa shape index (κ2) is 7.78. The lowest BCUT2D eigenvalue weighted by Gasteiger charge is -2.12. The number of anilines is 2. The molecule has 128 valence electrons. The van der Waals surface area contributed by atoms with E-state index in [0.29, 0.717) is 0 Å². The highest BCUT2D eigenvalue weighted by atomic mass is 35.5. The Morgan fingerprint density at radius 3 is 2.88 bits per heavy atom. The van der Waals surface area contributed by atoms with E-state index in [1.807, 2.05) is 6.07 Å². The second-order valence-electron chi connectivity index (χ2n) is 4.73. The lowest BCUT2D eigenvalue weighted by atomic mass is 10.2. The molecule has 0 aliphatic heterocycles. The number of benzene rings is 1. The summed E-state index contributed by atoms with van der Waals surface area (Å²) in [4.78, 5) is 30.4. The number of carbonyl (C=O) groups is 1. The van der Waals surface area contributed by atoms with Crippen LogP contribution in [0.25, 0.3) is 0 Å². The Labute approximate surface area is 151 Å². The number of nitrogens with two attached hydrogens (primary N) is 1. The van der Waals surface area contributed by atoms with Gasteiger partial charge >= 0.3 is 0 Å². The number of thioether (sulfide) groups is 1. The first kappa shape index (κ1) is 18.4.